The Morgan fingerprint density at radius 1 is 1.50 bits per heavy atom. The number of halogens is 1. The molecule has 1 aliphatic carbocycles. The molecule has 4 heteroatoms. The number of rotatable bonds is 4. The summed E-state index contributed by atoms with van der Waals surface area (Å²) in [5.41, 5.74) is 6.34. The molecule has 1 aromatic carbocycles. The highest BCUT2D eigenvalue weighted by molar-refractivity contribution is 6.32. The Morgan fingerprint density at radius 2 is 2.25 bits per heavy atom. The summed E-state index contributed by atoms with van der Waals surface area (Å²) in [5.74, 6) is 0.603. The van der Waals surface area contributed by atoms with Crippen LogP contribution in [0.1, 0.15) is 19.3 Å². The van der Waals surface area contributed by atoms with E-state index in [1.54, 1.807) is 18.2 Å². The zero-order valence-electron chi connectivity index (χ0n) is 8.87. The van der Waals surface area contributed by atoms with Crippen LogP contribution >= 0.6 is 11.6 Å². The third-order valence-electron chi connectivity index (χ3n) is 2.90. The fourth-order valence-corrected chi connectivity index (χ4v) is 1.75. The molecule has 3 nitrogen and oxygen atoms in total. The van der Waals surface area contributed by atoms with Gasteiger partial charge in [-0.3, -0.25) is 0 Å². The van der Waals surface area contributed by atoms with Crippen molar-refractivity contribution >= 4 is 17.3 Å². The molecule has 0 atom stereocenters. The Balaban J connectivity index is 2.00. The molecule has 0 heterocycles. The Morgan fingerprint density at radius 3 is 2.88 bits per heavy atom. The van der Waals surface area contributed by atoms with Crippen molar-refractivity contribution in [2.75, 3.05) is 12.3 Å². The van der Waals surface area contributed by atoms with Crippen molar-refractivity contribution in [3.63, 3.8) is 0 Å². The van der Waals surface area contributed by atoms with Gasteiger partial charge in [-0.15, -0.1) is 0 Å². The first-order chi connectivity index (χ1) is 7.65. The number of nitrogens with two attached hydrogens (primary N) is 1. The first-order valence-corrected chi connectivity index (χ1v) is 5.58. The number of ether oxygens (including phenoxy) is 1. The van der Waals surface area contributed by atoms with Gasteiger partial charge in [-0.1, -0.05) is 11.6 Å². The van der Waals surface area contributed by atoms with Gasteiger partial charge in [0.1, 0.15) is 5.75 Å². The van der Waals surface area contributed by atoms with Crippen LogP contribution in [0.25, 0.3) is 0 Å². The highest BCUT2D eigenvalue weighted by Gasteiger charge is 2.43. The van der Waals surface area contributed by atoms with Crippen LogP contribution < -0.4 is 10.5 Å². The number of benzene rings is 1. The van der Waals surface area contributed by atoms with Crippen LogP contribution in [-0.2, 0) is 0 Å². The maximum Gasteiger partial charge on any atom is 0.139 e. The predicted molar refractivity (Wildman–Crippen MR) is 63.3 cm³/mol. The van der Waals surface area contributed by atoms with Gasteiger partial charge >= 0.3 is 0 Å². The van der Waals surface area contributed by atoms with Crippen LogP contribution in [0, 0.1) is 16.7 Å². The monoisotopic (exact) mass is 236 g/mol. The van der Waals surface area contributed by atoms with Crippen molar-refractivity contribution in [2.24, 2.45) is 5.41 Å². The molecule has 0 bridgehead atoms. The maximum absolute atomic E-state index is 8.69. The Bertz CT molecular complexity index is 435. The van der Waals surface area contributed by atoms with Gasteiger partial charge < -0.3 is 10.5 Å². The summed E-state index contributed by atoms with van der Waals surface area (Å²) in [7, 11) is 0. The van der Waals surface area contributed by atoms with Crippen LogP contribution in [0.4, 0.5) is 5.69 Å². The largest absolute Gasteiger partial charge is 0.491 e. The molecule has 0 aromatic heterocycles. The van der Waals surface area contributed by atoms with Crippen molar-refractivity contribution < 1.29 is 4.74 Å². The zero-order valence-corrected chi connectivity index (χ0v) is 9.63. The number of anilines is 1. The van der Waals surface area contributed by atoms with E-state index in [9.17, 15) is 0 Å². The average molecular weight is 237 g/mol. The molecule has 1 fully saturated rings. The molecule has 0 unspecified atom stereocenters. The third-order valence-corrected chi connectivity index (χ3v) is 3.21. The molecular weight excluding hydrogens is 224 g/mol. The second-order valence-electron chi connectivity index (χ2n) is 4.31. The Hall–Kier alpha value is -1.40. The lowest BCUT2D eigenvalue weighted by Gasteiger charge is -2.14. The molecule has 0 saturated heterocycles. The predicted octanol–water partition coefficient (Wildman–Crippen LogP) is 2.99. The third kappa shape index (κ3) is 2.40. The topological polar surface area (TPSA) is 59.0 Å². The molecule has 16 heavy (non-hydrogen) atoms. The Kier molecular flexibility index (Phi) is 2.93. The number of nitrogens with zero attached hydrogens (tertiary/aromatic N) is 1. The normalized spacial score (nSPS) is 16.5. The van der Waals surface area contributed by atoms with E-state index >= 15 is 0 Å². The van der Waals surface area contributed by atoms with Crippen molar-refractivity contribution in [3.8, 4) is 11.8 Å². The minimum absolute atomic E-state index is 0.0582. The van der Waals surface area contributed by atoms with Gasteiger partial charge in [0.25, 0.3) is 0 Å². The minimum atomic E-state index is 0.0582. The summed E-state index contributed by atoms with van der Waals surface area (Å²) < 4.78 is 5.63. The molecule has 84 valence electrons. The molecular formula is C12H13ClN2O. The maximum atomic E-state index is 8.69. The van der Waals surface area contributed by atoms with E-state index in [1.165, 1.54) is 0 Å². The standard InChI is InChI=1S/C12H13ClN2O/c13-10-2-1-9(15)7-11(10)16-8-12(3-4-12)5-6-14/h1-2,7H,3-5,8,15H2. The summed E-state index contributed by atoms with van der Waals surface area (Å²) in [4.78, 5) is 0. The van der Waals surface area contributed by atoms with Crippen LogP contribution in [0.3, 0.4) is 0 Å². The van der Waals surface area contributed by atoms with Crippen molar-refractivity contribution in [1.29, 1.82) is 5.26 Å². The van der Waals surface area contributed by atoms with Crippen molar-refractivity contribution in [3.05, 3.63) is 23.2 Å². The van der Waals surface area contributed by atoms with Gasteiger partial charge in [-0.2, -0.15) is 5.26 Å². The zero-order chi connectivity index (χ0) is 11.6. The minimum Gasteiger partial charge on any atom is -0.491 e. The number of hydrogen-bond donors (Lipinski definition) is 1. The average Bonchev–Trinajstić information content (AvgIpc) is 3.01. The lowest BCUT2D eigenvalue weighted by Crippen LogP contribution is -2.12. The van der Waals surface area contributed by atoms with Crippen LogP contribution in [-0.4, -0.2) is 6.61 Å². The highest BCUT2D eigenvalue weighted by atomic mass is 35.5. The summed E-state index contributed by atoms with van der Waals surface area (Å²) in [6.45, 7) is 0.545. The van der Waals surface area contributed by atoms with E-state index in [-0.39, 0.29) is 5.41 Å². The van der Waals surface area contributed by atoms with Gasteiger partial charge in [0.2, 0.25) is 0 Å². The van der Waals surface area contributed by atoms with E-state index in [4.69, 9.17) is 27.3 Å². The summed E-state index contributed by atoms with van der Waals surface area (Å²) in [6.07, 6.45) is 2.66. The Labute approximate surface area is 99.8 Å². The summed E-state index contributed by atoms with van der Waals surface area (Å²) in [6, 6.07) is 7.36. The molecule has 1 aromatic rings. The second-order valence-corrected chi connectivity index (χ2v) is 4.72. The van der Waals surface area contributed by atoms with Gasteiger partial charge in [0, 0.05) is 23.6 Å². The van der Waals surface area contributed by atoms with E-state index < -0.39 is 0 Å². The molecule has 2 rings (SSSR count). The molecule has 0 radical (unpaired) electrons. The van der Waals surface area contributed by atoms with Crippen molar-refractivity contribution in [2.45, 2.75) is 19.3 Å². The van der Waals surface area contributed by atoms with Gasteiger partial charge in [0.15, 0.2) is 0 Å². The molecule has 0 amide bonds. The molecule has 1 saturated carbocycles. The molecule has 0 aliphatic heterocycles. The smallest absolute Gasteiger partial charge is 0.139 e. The number of nitriles is 1. The van der Waals surface area contributed by atoms with E-state index in [2.05, 4.69) is 6.07 Å². The van der Waals surface area contributed by atoms with E-state index in [0.717, 1.165) is 12.8 Å². The van der Waals surface area contributed by atoms with Crippen LogP contribution in [0.2, 0.25) is 5.02 Å². The lowest BCUT2D eigenvalue weighted by atomic mass is 10.1. The summed E-state index contributed by atoms with van der Waals surface area (Å²) in [5, 5.41) is 9.24. The first kappa shape index (κ1) is 11.1. The van der Waals surface area contributed by atoms with Crippen molar-refractivity contribution in [1.82, 2.24) is 0 Å². The quantitative estimate of drug-likeness (QED) is 0.818. The SMILES string of the molecule is N#CCC1(COc2cc(N)ccc2Cl)CC1. The van der Waals surface area contributed by atoms with E-state index in [0.29, 0.717) is 29.5 Å². The van der Waals surface area contributed by atoms with Gasteiger partial charge in [-0.05, 0) is 25.0 Å². The number of hydrogen-bond acceptors (Lipinski definition) is 3. The van der Waals surface area contributed by atoms with Gasteiger partial charge in [-0.25, -0.2) is 0 Å². The molecule has 1 aliphatic rings. The lowest BCUT2D eigenvalue weighted by molar-refractivity contribution is 0.237. The van der Waals surface area contributed by atoms with Crippen LogP contribution in [0.15, 0.2) is 18.2 Å². The van der Waals surface area contributed by atoms with Crippen LogP contribution in [0.5, 0.6) is 5.75 Å². The second kappa shape index (κ2) is 4.23. The summed E-state index contributed by atoms with van der Waals surface area (Å²) >= 11 is 5.98. The van der Waals surface area contributed by atoms with E-state index in [1.807, 2.05) is 0 Å². The molecule has 0 spiro atoms. The fraction of sp³-hybridized carbons (Fsp3) is 0.417. The van der Waals surface area contributed by atoms with Gasteiger partial charge in [0.05, 0.1) is 17.7 Å². The number of nitrogen functional groups attached to an aromatic ring is 1. The first-order valence-electron chi connectivity index (χ1n) is 5.20. The fourth-order valence-electron chi connectivity index (χ4n) is 1.58. The highest BCUT2D eigenvalue weighted by Crippen LogP contribution is 2.49. The molecule has 2 N–H and O–H groups in total.